The Balaban J connectivity index is 2.26. The lowest BCUT2D eigenvalue weighted by Gasteiger charge is -2.23. The van der Waals surface area contributed by atoms with Gasteiger partial charge in [-0.1, -0.05) is 26.7 Å². The van der Waals surface area contributed by atoms with Crippen LogP contribution in [0.2, 0.25) is 0 Å². The molecule has 106 valence electrons. The van der Waals surface area contributed by atoms with Crippen molar-refractivity contribution in [2.45, 2.75) is 52.0 Å². The third kappa shape index (κ3) is 3.93. The molecule has 2 rings (SSSR count). The van der Waals surface area contributed by atoms with Gasteiger partial charge < -0.3 is 10.2 Å². The Morgan fingerprint density at radius 3 is 2.42 bits per heavy atom. The summed E-state index contributed by atoms with van der Waals surface area (Å²) in [6.45, 7) is 7.68. The van der Waals surface area contributed by atoms with Crippen molar-refractivity contribution >= 4 is 5.82 Å². The lowest BCUT2D eigenvalue weighted by atomic mass is 10.1. The van der Waals surface area contributed by atoms with Gasteiger partial charge in [0.25, 0.3) is 0 Å². The van der Waals surface area contributed by atoms with Gasteiger partial charge in [-0.05, 0) is 43.5 Å². The molecule has 1 N–H and O–H groups in total. The molecule has 0 bridgehead atoms. The van der Waals surface area contributed by atoms with Gasteiger partial charge in [-0.3, -0.25) is 0 Å². The number of pyridine rings is 1. The van der Waals surface area contributed by atoms with Crippen molar-refractivity contribution < 1.29 is 0 Å². The van der Waals surface area contributed by atoms with Gasteiger partial charge in [0.05, 0.1) is 0 Å². The molecule has 0 amide bonds. The standard InChI is InChI=1S/C16H27N3/c1-13(2)15-10-14(12-17-3)11-16(18-15)19-8-6-4-5-7-9-19/h10-11,13,17H,4-9,12H2,1-3H3. The smallest absolute Gasteiger partial charge is 0.129 e. The van der Waals surface area contributed by atoms with Crippen LogP contribution in [-0.4, -0.2) is 25.1 Å². The van der Waals surface area contributed by atoms with E-state index in [1.807, 2.05) is 7.05 Å². The van der Waals surface area contributed by atoms with Crippen LogP contribution in [0.15, 0.2) is 12.1 Å². The van der Waals surface area contributed by atoms with Gasteiger partial charge in [0.2, 0.25) is 0 Å². The Morgan fingerprint density at radius 2 is 1.84 bits per heavy atom. The number of aromatic nitrogens is 1. The van der Waals surface area contributed by atoms with Crippen molar-refractivity contribution in [2.75, 3.05) is 25.0 Å². The summed E-state index contributed by atoms with van der Waals surface area (Å²) < 4.78 is 0. The zero-order chi connectivity index (χ0) is 13.7. The second-order valence-electron chi connectivity index (χ2n) is 5.84. The van der Waals surface area contributed by atoms with Crippen molar-refractivity contribution in [3.8, 4) is 0 Å². The molecular weight excluding hydrogens is 234 g/mol. The molecule has 1 aromatic heterocycles. The summed E-state index contributed by atoms with van der Waals surface area (Å²) in [4.78, 5) is 7.35. The molecule has 1 saturated heterocycles. The zero-order valence-corrected chi connectivity index (χ0v) is 12.6. The molecule has 0 radical (unpaired) electrons. The van der Waals surface area contributed by atoms with E-state index in [9.17, 15) is 0 Å². The average molecular weight is 261 g/mol. The van der Waals surface area contributed by atoms with E-state index < -0.39 is 0 Å². The highest BCUT2D eigenvalue weighted by atomic mass is 15.2. The topological polar surface area (TPSA) is 28.2 Å². The molecule has 1 aliphatic heterocycles. The van der Waals surface area contributed by atoms with Crippen molar-refractivity contribution in [3.63, 3.8) is 0 Å². The minimum atomic E-state index is 0.488. The summed E-state index contributed by atoms with van der Waals surface area (Å²) in [6, 6.07) is 4.50. The molecule has 0 aliphatic carbocycles. The monoisotopic (exact) mass is 261 g/mol. The second-order valence-corrected chi connectivity index (χ2v) is 5.84. The van der Waals surface area contributed by atoms with Crippen molar-refractivity contribution in [3.05, 3.63) is 23.4 Å². The number of nitrogens with one attached hydrogen (secondary N) is 1. The third-order valence-corrected chi connectivity index (χ3v) is 3.79. The first kappa shape index (κ1) is 14.3. The molecule has 0 aromatic carbocycles. The molecule has 1 fully saturated rings. The number of anilines is 1. The number of nitrogens with zero attached hydrogens (tertiary/aromatic N) is 2. The van der Waals surface area contributed by atoms with Crippen LogP contribution < -0.4 is 10.2 Å². The minimum Gasteiger partial charge on any atom is -0.357 e. The van der Waals surface area contributed by atoms with Crippen molar-refractivity contribution in [2.24, 2.45) is 0 Å². The maximum absolute atomic E-state index is 4.88. The predicted molar refractivity (Wildman–Crippen MR) is 81.8 cm³/mol. The van der Waals surface area contributed by atoms with Crippen LogP contribution in [-0.2, 0) is 6.54 Å². The van der Waals surface area contributed by atoms with E-state index in [2.05, 4.69) is 36.2 Å². The highest BCUT2D eigenvalue weighted by molar-refractivity contribution is 5.43. The largest absolute Gasteiger partial charge is 0.357 e. The molecule has 3 heteroatoms. The van der Waals surface area contributed by atoms with E-state index >= 15 is 0 Å². The molecule has 0 unspecified atom stereocenters. The normalized spacial score (nSPS) is 16.7. The van der Waals surface area contributed by atoms with E-state index in [1.165, 1.54) is 42.8 Å². The summed E-state index contributed by atoms with van der Waals surface area (Å²) in [7, 11) is 2.00. The van der Waals surface area contributed by atoms with Crippen LogP contribution in [0.3, 0.4) is 0 Å². The van der Waals surface area contributed by atoms with Crippen LogP contribution in [0.1, 0.15) is 56.7 Å². The fraction of sp³-hybridized carbons (Fsp3) is 0.688. The minimum absolute atomic E-state index is 0.488. The fourth-order valence-corrected chi connectivity index (χ4v) is 2.66. The summed E-state index contributed by atoms with van der Waals surface area (Å²) in [5, 5.41) is 3.25. The van der Waals surface area contributed by atoms with Gasteiger partial charge >= 0.3 is 0 Å². The second kappa shape index (κ2) is 6.90. The van der Waals surface area contributed by atoms with E-state index in [-0.39, 0.29) is 0 Å². The highest BCUT2D eigenvalue weighted by Gasteiger charge is 2.14. The van der Waals surface area contributed by atoms with Gasteiger partial charge in [0.15, 0.2) is 0 Å². The Bertz CT molecular complexity index is 393. The molecule has 1 aliphatic rings. The van der Waals surface area contributed by atoms with Crippen LogP contribution in [0, 0.1) is 0 Å². The summed E-state index contributed by atoms with van der Waals surface area (Å²) in [5.74, 6) is 1.67. The number of hydrogen-bond acceptors (Lipinski definition) is 3. The van der Waals surface area contributed by atoms with Crippen molar-refractivity contribution in [1.82, 2.24) is 10.3 Å². The summed E-state index contributed by atoms with van der Waals surface area (Å²) in [6.07, 6.45) is 5.33. The maximum atomic E-state index is 4.88. The Hall–Kier alpha value is -1.09. The molecule has 0 spiro atoms. The molecule has 0 atom stereocenters. The van der Waals surface area contributed by atoms with Gasteiger partial charge in [0, 0.05) is 25.3 Å². The van der Waals surface area contributed by atoms with E-state index in [0.29, 0.717) is 5.92 Å². The first-order valence-electron chi connectivity index (χ1n) is 7.61. The quantitative estimate of drug-likeness (QED) is 0.901. The molecular formula is C16H27N3. The Morgan fingerprint density at radius 1 is 1.16 bits per heavy atom. The first-order chi connectivity index (χ1) is 9.20. The fourth-order valence-electron chi connectivity index (χ4n) is 2.66. The van der Waals surface area contributed by atoms with E-state index in [1.54, 1.807) is 0 Å². The molecule has 1 aromatic rings. The zero-order valence-electron chi connectivity index (χ0n) is 12.6. The molecule has 2 heterocycles. The lowest BCUT2D eigenvalue weighted by molar-refractivity contribution is 0.726. The highest BCUT2D eigenvalue weighted by Crippen LogP contribution is 2.22. The molecule has 19 heavy (non-hydrogen) atoms. The van der Waals surface area contributed by atoms with Gasteiger partial charge in [-0.2, -0.15) is 0 Å². The number of hydrogen-bond donors (Lipinski definition) is 1. The summed E-state index contributed by atoms with van der Waals surface area (Å²) in [5.41, 5.74) is 2.56. The third-order valence-electron chi connectivity index (χ3n) is 3.79. The van der Waals surface area contributed by atoms with Crippen LogP contribution >= 0.6 is 0 Å². The molecule has 0 saturated carbocycles. The SMILES string of the molecule is CNCc1cc(C(C)C)nc(N2CCCCCC2)c1. The number of rotatable bonds is 4. The average Bonchev–Trinajstić information content (AvgIpc) is 2.67. The van der Waals surface area contributed by atoms with E-state index in [0.717, 1.165) is 19.6 Å². The van der Waals surface area contributed by atoms with Crippen LogP contribution in [0.25, 0.3) is 0 Å². The van der Waals surface area contributed by atoms with Gasteiger partial charge in [-0.25, -0.2) is 4.98 Å². The predicted octanol–water partition coefficient (Wildman–Crippen LogP) is 3.30. The van der Waals surface area contributed by atoms with Crippen LogP contribution in [0.4, 0.5) is 5.82 Å². The molecule has 3 nitrogen and oxygen atoms in total. The van der Waals surface area contributed by atoms with Gasteiger partial charge in [0.1, 0.15) is 5.82 Å². The van der Waals surface area contributed by atoms with Crippen LogP contribution in [0.5, 0.6) is 0 Å². The Labute approximate surface area is 117 Å². The Kier molecular flexibility index (Phi) is 5.20. The van der Waals surface area contributed by atoms with Crippen molar-refractivity contribution in [1.29, 1.82) is 0 Å². The van der Waals surface area contributed by atoms with Gasteiger partial charge in [-0.15, -0.1) is 0 Å². The van der Waals surface area contributed by atoms with E-state index in [4.69, 9.17) is 4.98 Å². The first-order valence-corrected chi connectivity index (χ1v) is 7.61. The summed E-state index contributed by atoms with van der Waals surface area (Å²) >= 11 is 0. The lowest BCUT2D eigenvalue weighted by Crippen LogP contribution is -2.25. The maximum Gasteiger partial charge on any atom is 0.129 e.